The summed E-state index contributed by atoms with van der Waals surface area (Å²) in [6.45, 7) is -1.09. The van der Waals surface area contributed by atoms with Crippen molar-refractivity contribution in [3.63, 3.8) is 0 Å². The largest absolute Gasteiger partial charge is 0.508 e. The zero-order valence-electron chi connectivity index (χ0n) is 10.8. The van der Waals surface area contributed by atoms with Crippen LogP contribution in [0.3, 0.4) is 0 Å². The molecule has 22 heavy (non-hydrogen) atoms. The van der Waals surface area contributed by atoms with Gasteiger partial charge in [-0.25, -0.2) is 17.6 Å². The van der Waals surface area contributed by atoms with Crippen LogP contribution in [0.25, 0.3) is 11.3 Å². The van der Waals surface area contributed by atoms with E-state index in [4.69, 9.17) is 16.7 Å². The van der Waals surface area contributed by atoms with Crippen LogP contribution in [0.4, 0.5) is 17.6 Å². The summed E-state index contributed by atoms with van der Waals surface area (Å²) in [5.41, 5.74) is -2.28. The molecule has 1 heterocycles. The van der Waals surface area contributed by atoms with Crippen molar-refractivity contribution in [3.05, 3.63) is 51.3 Å². The molecule has 0 fully saturated rings. The quantitative estimate of drug-likeness (QED) is 0.625. The van der Waals surface area contributed by atoms with Gasteiger partial charge in [0.25, 0.3) is 6.43 Å². The fourth-order valence-electron chi connectivity index (χ4n) is 1.81. The van der Waals surface area contributed by atoms with Crippen LogP contribution in [-0.4, -0.2) is 16.1 Å². The standard InChI is InChI=1S/C13H7ClF4NO2.Y/c14-7-1-2-10(19(13(7)21)5-11(17)18)12-8(15)3-6(20)4-9(12)16;/h1,3-4,11,20H,5H2;/q-1;. The Morgan fingerprint density at radius 2 is 1.82 bits per heavy atom. The van der Waals surface area contributed by atoms with E-state index in [1.165, 1.54) is 0 Å². The summed E-state index contributed by atoms with van der Waals surface area (Å²) in [7, 11) is 0. The van der Waals surface area contributed by atoms with E-state index >= 15 is 0 Å². The molecule has 1 aromatic carbocycles. The minimum atomic E-state index is -2.93. The number of alkyl halides is 2. The summed E-state index contributed by atoms with van der Waals surface area (Å²) in [5, 5.41) is 8.68. The molecule has 0 aliphatic carbocycles. The van der Waals surface area contributed by atoms with Crippen LogP contribution in [0.15, 0.2) is 23.0 Å². The Labute approximate surface area is 152 Å². The molecule has 1 radical (unpaired) electrons. The maximum absolute atomic E-state index is 13.8. The molecule has 0 bridgehead atoms. The molecule has 2 aromatic rings. The van der Waals surface area contributed by atoms with Gasteiger partial charge >= 0.3 is 0 Å². The van der Waals surface area contributed by atoms with Crippen molar-refractivity contribution in [1.82, 2.24) is 4.57 Å². The summed E-state index contributed by atoms with van der Waals surface area (Å²) in [6.07, 6.45) is -2.93. The van der Waals surface area contributed by atoms with Gasteiger partial charge in [-0.1, -0.05) is 5.69 Å². The molecule has 1 aromatic heterocycles. The third-order valence-electron chi connectivity index (χ3n) is 2.64. The smallest absolute Gasteiger partial charge is 0.256 e. The first kappa shape index (κ1) is 19.1. The zero-order valence-corrected chi connectivity index (χ0v) is 14.4. The first-order chi connectivity index (χ1) is 9.81. The van der Waals surface area contributed by atoms with Gasteiger partial charge in [0.2, 0.25) is 5.56 Å². The number of pyridine rings is 1. The van der Waals surface area contributed by atoms with Crippen molar-refractivity contribution in [2.45, 2.75) is 13.0 Å². The van der Waals surface area contributed by atoms with E-state index in [9.17, 15) is 22.4 Å². The molecule has 2 rings (SSSR count). The van der Waals surface area contributed by atoms with Crippen LogP contribution in [0, 0.1) is 17.7 Å². The van der Waals surface area contributed by atoms with Gasteiger partial charge in [0, 0.05) is 49.9 Å². The number of rotatable bonds is 3. The molecule has 0 spiro atoms. The Hall–Kier alpha value is -0.916. The molecule has 0 saturated carbocycles. The van der Waals surface area contributed by atoms with E-state index < -0.39 is 52.2 Å². The minimum absolute atomic E-state index is 0. The summed E-state index contributed by atoms with van der Waals surface area (Å²) in [6, 6.07) is 4.43. The predicted molar refractivity (Wildman–Crippen MR) is 67.6 cm³/mol. The molecule has 0 saturated heterocycles. The Morgan fingerprint density at radius 3 is 2.32 bits per heavy atom. The number of hydrogen-bond donors (Lipinski definition) is 1. The fraction of sp³-hybridized carbons (Fsp3) is 0.154. The van der Waals surface area contributed by atoms with Crippen molar-refractivity contribution in [2.24, 2.45) is 0 Å². The molecule has 0 aliphatic heterocycles. The predicted octanol–water partition coefficient (Wildman–Crippen LogP) is 3.22. The van der Waals surface area contributed by atoms with Crippen molar-refractivity contribution in [2.75, 3.05) is 0 Å². The summed E-state index contributed by atoms with van der Waals surface area (Å²) in [4.78, 5) is 11.8. The van der Waals surface area contributed by atoms with E-state index in [1.807, 2.05) is 0 Å². The summed E-state index contributed by atoms with van der Waals surface area (Å²) < 4.78 is 53.1. The Balaban J connectivity index is 0.00000242. The van der Waals surface area contributed by atoms with Gasteiger partial charge in [-0.15, -0.1) is 0 Å². The van der Waals surface area contributed by atoms with Crippen molar-refractivity contribution in [3.8, 4) is 17.0 Å². The van der Waals surface area contributed by atoms with Crippen LogP contribution >= 0.6 is 11.6 Å². The van der Waals surface area contributed by atoms with E-state index in [1.54, 1.807) is 0 Å². The number of aromatic hydroxyl groups is 1. The van der Waals surface area contributed by atoms with Gasteiger partial charge < -0.3 is 9.67 Å². The third-order valence-corrected chi connectivity index (χ3v) is 2.91. The number of phenolic OH excluding ortho intramolecular Hbond substituents is 1. The van der Waals surface area contributed by atoms with Crippen molar-refractivity contribution < 1.29 is 55.4 Å². The monoisotopic (exact) mass is 409 g/mol. The molecule has 0 unspecified atom stereocenters. The van der Waals surface area contributed by atoms with E-state index in [0.717, 1.165) is 6.07 Å². The van der Waals surface area contributed by atoms with E-state index in [0.29, 0.717) is 16.7 Å². The van der Waals surface area contributed by atoms with Crippen LogP contribution < -0.4 is 5.56 Å². The molecular weight excluding hydrogens is 402 g/mol. The average molecular weight is 410 g/mol. The fourth-order valence-corrected chi connectivity index (χ4v) is 1.96. The van der Waals surface area contributed by atoms with Gasteiger partial charge in [0.15, 0.2) is 0 Å². The van der Waals surface area contributed by atoms with Crippen molar-refractivity contribution in [1.29, 1.82) is 0 Å². The molecule has 0 atom stereocenters. The Bertz CT molecular complexity index is 728. The number of benzene rings is 1. The molecule has 0 amide bonds. The first-order valence-corrected chi connectivity index (χ1v) is 5.96. The van der Waals surface area contributed by atoms with Gasteiger partial charge in [0.05, 0.1) is 18.2 Å². The van der Waals surface area contributed by atoms with Gasteiger partial charge in [-0.3, -0.25) is 4.79 Å². The van der Waals surface area contributed by atoms with Crippen LogP contribution in [-0.2, 0) is 39.3 Å². The topological polar surface area (TPSA) is 42.2 Å². The molecular formula is C13H7ClF4NO2Y-. The molecule has 1 N–H and O–H groups in total. The summed E-state index contributed by atoms with van der Waals surface area (Å²) >= 11 is 5.52. The number of hydrogen-bond acceptors (Lipinski definition) is 2. The molecule has 3 nitrogen and oxygen atoms in total. The Kier molecular flexibility index (Phi) is 6.58. The SMILES string of the molecule is O=c1c(Cl)c[c-]c(-c2c(F)cc(O)cc2F)n1CC(F)F.[Y]. The normalized spacial score (nSPS) is 10.6. The number of nitrogens with zero attached hydrogens (tertiary/aromatic N) is 1. The van der Waals surface area contributed by atoms with Crippen LogP contribution in [0.5, 0.6) is 5.75 Å². The average Bonchev–Trinajstić information content (AvgIpc) is 2.36. The van der Waals surface area contributed by atoms with Gasteiger partial charge in [-0.05, 0) is 5.56 Å². The molecule has 0 aliphatic rings. The maximum Gasteiger partial charge on any atom is 0.256 e. The first-order valence-electron chi connectivity index (χ1n) is 5.58. The number of aromatic nitrogens is 1. The third kappa shape index (κ3) is 3.88. The molecule has 9 heteroatoms. The van der Waals surface area contributed by atoms with E-state index in [-0.39, 0.29) is 32.7 Å². The number of halogens is 5. The van der Waals surface area contributed by atoms with Gasteiger partial charge in [-0.2, -0.15) is 23.7 Å². The zero-order chi connectivity index (χ0) is 15.7. The minimum Gasteiger partial charge on any atom is -0.508 e. The summed E-state index contributed by atoms with van der Waals surface area (Å²) in [5.74, 6) is -3.10. The van der Waals surface area contributed by atoms with E-state index in [2.05, 4.69) is 6.07 Å². The second kappa shape index (κ2) is 7.57. The van der Waals surface area contributed by atoms with Crippen molar-refractivity contribution >= 4 is 11.6 Å². The Morgan fingerprint density at radius 1 is 1.27 bits per heavy atom. The second-order valence-electron chi connectivity index (χ2n) is 4.08. The molecule has 115 valence electrons. The second-order valence-corrected chi connectivity index (χ2v) is 4.48. The maximum atomic E-state index is 13.8. The van der Waals surface area contributed by atoms with Crippen LogP contribution in [0.1, 0.15) is 0 Å². The number of phenols is 1. The van der Waals surface area contributed by atoms with Crippen LogP contribution in [0.2, 0.25) is 5.02 Å². The van der Waals surface area contributed by atoms with Gasteiger partial charge in [0.1, 0.15) is 5.75 Å².